The molecule has 0 amide bonds. The molecular formula is C17H17AsBrN6O3PS2. The molecule has 0 aliphatic carbocycles. The molecule has 0 N–H and O–H groups in total. The second-order valence-electron chi connectivity index (χ2n) is 6.14. The number of halogens is 1. The van der Waals surface area contributed by atoms with Crippen LogP contribution in [0.25, 0.3) is 21.4 Å². The van der Waals surface area contributed by atoms with E-state index in [-0.39, 0.29) is 6.16 Å². The van der Waals surface area contributed by atoms with E-state index in [0.29, 0.717) is 40.6 Å². The molecular weight excluding hydrogens is 586 g/mol. The molecule has 0 spiro atoms. The Morgan fingerprint density at radius 1 is 1.23 bits per heavy atom. The van der Waals surface area contributed by atoms with Crippen LogP contribution in [0.1, 0.15) is 13.8 Å². The van der Waals surface area contributed by atoms with E-state index in [9.17, 15) is 4.57 Å². The molecule has 0 saturated carbocycles. The minimum atomic E-state index is -3.22. The van der Waals surface area contributed by atoms with Crippen LogP contribution < -0.4 is 4.48 Å². The number of hydrogen-bond donors (Lipinski definition) is 0. The van der Waals surface area contributed by atoms with Crippen LogP contribution in [0.5, 0.6) is 0 Å². The Morgan fingerprint density at radius 3 is 2.71 bits per heavy atom. The van der Waals surface area contributed by atoms with Crippen LogP contribution in [-0.4, -0.2) is 65.7 Å². The monoisotopic (exact) mass is 602 g/mol. The van der Waals surface area contributed by atoms with Crippen LogP contribution in [0.15, 0.2) is 32.7 Å². The summed E-state index contributed by atoms with van der Waals surface area (Å²) in [4.78, 5) is 22.2. The Bertz CT molecular complexity index is 1280. The van der Waals surface area contributed by atoms with E-state index in [1.165, 1.54) is 18.1 Å². The summed E-state index contributed by atoms with van der Waals surface area (Å²) in [5.74, 6) is 0. The number of thiazole rings is 1. The molecule has 0 bridgehead atoms. The van der Waals surface area contributed by atoms with Gasteiger partial charge in [-0.1, -0.05) is 0 Å². The molecule has 0 saturated heterocycles. The van der Waals surface area contributed by atoms with Crippen molar-refractivity contribution in [1.82, 2.24) is 29.5 Å². The number of aryl methyl sites for hydroxylation is 1. The number of pyridine rings is 1. The summed E-state index contributed by atoms with van der Waals surface area (Å²) in [6.07, 6.45) is 5.19. The number of nitrogens with zero attached hydrogens (tertiary/aromatic N) is 6. The standard InChI is InChI=1S/C17H17AsBrN6O3PS2/c1-3-27-29(26,28-4-2)6-5-25-15-12(14(18)21-9-22-15)24-16(25)31-17-23-11-8-20-7-10(19)13(11)30-17/h7-9H,3-6H2,1-2H3. The first-order valence-corrected chi connectivity index (χ1v) is 14.4. The van der Waals surface area contributed by atoms with Gasteiger partial charge in [-0.15, -0.1) is 0 Å². The van der Waals surface area contributed by atoms with Gasteiger partial charge in [0, 0.05) is 0 Å². The third-order valence-corrected chi connectivity index (χ3v) is 9.90. The van der Waals surface area contributed by atoms with Crippen molar-refractivity contribution in [2.75, 3.05) is 19.4 Å². The van der Waals surface area contributed by atoms with Gasteiger partial charge < -0.3 is 0 Å². The van der Waals surface area contributed by atoms with E-state index in [4.69, 9.17) is 14.0 Å². The zero-order valence-electron chi connectivity index (χ0n) is 16.6. The summed E-state index contributed by atoms with van der Waals surface area (Å²) in [6, 6.07) is 0. The molecule has 14 heteroatoms. The molecule has 4 rings (SSSR count). The molecule has 0 unspecified atom stereocenters. The summed E-state index contributed by atoms with van der Waals surface area (Å²) >= 11 is 8.90. The average molecular weight is 603 g/mol. The summed E-state index contributed by atoms with van der Waals surface area (Å²) < 4.78 is 29.3. The van der Waals surface area contributed by atoms with Crippen molar-refractivity contribution in [2.45, 2.75) is 29.9 Å². The van der Waals surface area contributed by atoms with Crippen molar-refractivity contribution in [3.8, 4) is 0 Å². The van der Waals surface area contributed by atoms with Crippen molar-refractivity contribution in [1.29, 1.82) is 0 Å². The van der Waals surface area contributed by atoms with E-state index in [0.717, 1.165) is 19.0 Å². The number of rotatable bonds is 9. The summed E-state index contributed by atoms with van der Waals surface area (Å²) in [5, 5.41) is 0.686. The predicted octanol–water partition coefficient (Wildman–Crippen LogP) is 3.80. The number of fused-ring (bicyclic) bond motifs is 2. The zero-order chi connectivity index (χ0) is 22.0. The molecule has 0 atom stereocenters. The Balaban J connectivity index is 1.71. The van der Waals surface area contributed by atoms with Gasteiger partial charge in [-0.05, 0) is 0 Å². The topological polar surface area (TPSA) is 105 Å². The van der Waals surface area contributed by atoms with Crippen LogP contribution >= 0.6 is 46.6 Å². The molecule has 4 aromatic heterocycles. The Kier molecular flexibility index (Phi) is 7.48. The first kappa shape index (κ1) is 23.3. The van der Waals surface area contributed by atoms with Crippen molar-refractivity contribution in [3.05, 3.63) is 23.2 Å². The molecule has 31 heavy (non-hydrogen) atoms. The van der Waals surface area contributed by atoms with Crippen molar-refractivity contribution in [3.63, 3.8) is 0 Å². The molecule has 0 aliphatic heterocycles. The number of hydrogen-bond acceptors (Lipinski definition) is 10. The fourth-order valence-corrected chi connectivity index (χ4v) is 7.48. The predicted molar refractivity (Wildman–Crippen MR) is 126 cm³/mol. The zero-order valence-corrected chi connectivity index (χ0v) is 22.5. The van der Waals surface area contributed by atoms with E-state index in [2.05, 4.69) is 52.7 Å². The second kappa shape index (κ2) is 9.95. The fraction of sp³-hybridized carbons (Fsp3) is 0.353. The van der Waals surface area contributed by atoms with Gasteiger partial charge in [-0.25, -0.2) is 0 Å². The van der Waals surface area contributed by atoms with Gasteiger partial charge in [-0.3, -0.25) is 0 Å². The summed E-state index contributed by atoms with van der Waals surface area (Å²) in [7, 11) is -3.22. The van der Waals surface area contributed by atoms with Gasteiger partial charge in [-0.2, -0.15) is 0 Å². The van der Waals surface area contributed by atoms with Gasteiger partial charge in [0.2, 0.25) is 0 Å². The van der Waals surface area contributed by atoms with E-state index >= 15 is 0 Å². The molecule has 0 aliphatic rings. The molecule has 4 heterocycles. The molecule has 4 aromatic rings. The number of aromatic nitrogens is 6. The van der Waals surface area contributed by atoms with E-state index < -0.39 is 7.60 Å². The summed E-state index contributed by atoms with van der Waals surface area (Å²) in [6.45, 7) is 4.60. The first-order chi connectivity index (χ1) is 14.9. The number of imidazole rings is 1. The average Bonchev–Trinajstić information content (AvgIpc) is 3.30. The van der Waals surface area contributed by atoms with Crippen LogP contribution in [-0.2, 0) is 20.2 Å². The summed E-state index contributed by atoms with van der Waals surface area (Å²) in [5.41, 5.74) is 2.16. The Labute approximate surface area is 204 Å². The van der Waals surface area contributed by atoms with Crippen molar-refractivity contribution < 1.29 is 13.6 Å². The maximum atomic E-state index is 13.0. The van der Waals surface area contributed by atoms with Gasteiger partial charge in [0.15, 0.2) is 0 Å². The quantitative estimate of drug-likeness (QED) is 0.209. The van der Waals surface area contributed by atoms with Gasteiger partial charge in [0.1, 0.15) is 0 Å². The molecule has 162 valence electrons. The SMILES string of the molecule is CCOP(=O)(CCn1c(Sc2nc3cncc(Br)c3s2)nc2c([As])ncnc21)OCC. The van der Waals surface area contributed by atoms with Gasteiger partial charge >= 0.3 is 205 Å². The minimum absolute atomic E-state index is 0.209. The third-order valence-electron chi connectivity index (χ3n) is 4.14. The molecule has 2 radical (unpaired) electrons. The normalized spacial score (nSPS) is 12.3. The van der Waals surface area contributed by atoms with Crippen LogP contribution in [0.2, 0.25) is 0 Å². The molecule has 0 fully saturated rings. The third kappa shape index (κ3) is 5.05. The van der Waals surface area contributed by atoms with Gasteiger partial charge in [0.25, 0.3) is 0 Å². The van der Waals surface area contributed by atoms with Crippen molar-refractivity contribution in [2.24, 2.45) is 0 Å². The molecule has 0 aromatic carbocycles. The Morgan fingerprint density at radius 2 is 2.00 bits per heavy atom. The van der Waals surface area contributed by atoms with E-state index in [1.807, 2.05) is 4.57 Å². The Hall–Kier alpha value is -0.872. The van der Waals surface area contributed by atoms with Crippen molar-refractivity contribution >= 4 is 89.3 Å². The second-order valence-corrected chi connectivity index (χ2v) is 12.3. The van der Waals surface area contributed by atoms with Crippen LogP contribution in [0.3, 0.4) is 0 Å². The first-order valence-electron chi connectivity index (χ1n) is 9.30. The maximum absolute atomic E-state index is 13.0. The van der Waals surface area contributed by atoms with Crippen LogP contribution in [0, 0.1) is 0 Å². The molecule has 9 nitrogen and oxygen atoms in total. The van der Waals surface area contributed by atoms with E-state index in [1.54, 1.807) is 37.6 Å². The fourth-order valence-electron chi connectivity index (χ4n) is 2.89. The van der Waals surface area contributed by atoms with Gasteiger partial charge in [0.05, 0.1) is 0 Å². The van der Waals surface area contributed by atoms with Crippen LogP contribution in [0.4, 0.5) is 0 Å².